The molecule has 1 aromatic carbocycles. The van der Waals surface area contributed by atoms with Gasteiger partial charge in [-0.1, -0.05) is 22.0 Å². The summed E-state index contributed by atoms with van der Waals surface area (Å²) < 4.78 is 13.8. The average molecular weight is 344 g/mol. The summed E-state index contributed by atoms with van der Waals surface area (Å²) in [6.07, 6.45) is 0.448. The zero-order valence-electron chi connectivity index (χ0n) is 10.2. The second-order valence-corrected chi connectivity index (χ2v) is 5.39. The van der Waals surface area contributed by atoms with Crippen molar-refractivity contribution >= 4 is 34.1 Å². The zero-order chi connectivity index (χ0) is 14.9. The van der Waals surface area contributed by atoms with Crippen molar-refractivity contribution in [2.45, 2.75) is 12.5 Å². The second kappa shape index (κ2) is 5.62. The standard InChI is InChI=1S/C13H11BrFNO4/c14-9-2-7(3-10(15)5-9)1-8-4-11(12(17)18)16(6-8)13(19)20/h1-3,5,11H,4,6H2,(H,17,18)(H,19,20)/b8-1+/t11-/m0/s1. The predicted molar refractivity (Wildman–Crippen MR) is 72.8 cm³/mol. The lowest BCUT2D eigenvalue weighted by Crippen LogP contribution is -2.39. The number of halogens is 2. The third-order valence-corrected chi connectivity index (χ3v) is 3.45. The number of rotatable bonds is 2. The van der Waals surface area contributed by atoms with E-state index < -0.39 is 23.9 Å². The normalized spacial score (nSPS) is 20.4. The van der Waals surface area contributed by atoms with E-state index in [0.717, 1.165) is 4.90 Å². The van der Waals surface area contributed by atoms with Crippen molar-refractivity contribution in [3.63, 3.8) is 0 Å². The van der Waals surface area contributed by atoms with Crippen molar-refractivity contribution < 1.29 is 24.2 Å². The molecule has 1 fully saturated rings. The molecular formula is C13H11BrFNO4. The summed E-state index contributed by atoms with van der Waals surface area (Å²) in [5, 5.41) is 18.0. The molecule has 1 aliphatic rings. The number of hydrogen-bond donors (Lipinski definition) is 2. The number of aliphatic carboxylic acids is 1. The molecule has 0 spiro atoms. The van der Waals surface area contributed by atoms with Crippen LogP contribution in [0.25, 0.3) is 6.08 Å². The second-order valence-electron chi connectivity index (χ2n) is 4.47. The fourth-order valence-corrected chi connectivity index (χ4v) is 2.66. The maximum absolute atomic E-state index is 13.3. The summed E-state index contributed by atoms with van der Waals surface area (Å²) in [6, 6.07) is 3.20. The quantitative estimate of drug-likeness (QED) is 0.865. The minimum absolute atomic E-state index is 0.0143. The average Bonchev–Trinajstić information content (AvgIpc) is 2.71. The molecule has 0 bridgehead atoms. The molecule has 0 saturated carbocycles. The monoisotopic (exact) mass is 343 g/mol. The Bertz CT molecular complexity index is 558. The Morgan fingerprint density at radius 2 is 2.05 bits per heavy atom. The molecule has 20 heavy (non-hydrogen) atoms. The fourth-order valence-electron chi connectivity index (χ4n) is 2.17. The van der Waals surface area contributed by atoms with Crippen molar-refractivity contribution in [1.29, 1.82) is 0 Å². The maximum Gasteiger partial charge on any atom is 0.408 e. The molecule has 106 valence electrons. The van der Waals surface area contributed by atoms with E-state index in [1.54, 1.807) is 12.1 Å². The Morgan fingerprint density at radius 1 is 1.35 bits per heavy atom. The lowest BCUT2D eigenvalue weighted by Gasteiger charge is -2.16. The van der Waals surface area contributed by atoms with Crippen LogP contribution in [0, 0.1) is 5.82 Å². The Morgan fingerprint density at radius 3 is 2.55 bits per heavy atom. The van der Waals surface area contributed by atoms with E-state index in [9.17, 15) is 14.0 Å². The largest absolute Gasteiger partial charge is 0.480 e. The Hall–Kier alpha value is -1.89. The van der Waals surface area contributed by atoms with Crippen LogP contribution in [0.3, 0.4) is 0 Å². The van der Waals surface area contributed by atoms with Gasteiger partial charge in [-0.15, -0.1) is 0 Å². The van der Waals surface area contributed by atoms with Gasteiger partial charge in [0.2, 0.25) is 0 Å². The van der Waals surface area contributed by atoms with Crippen molar-refractivity contribution in [3.8, 4) is 0 Å². The molecule has 2 N–H and O–H groups in total. The third-order valence-electron chi connectivity index (χ3n) is 2.99. The maximum atomic E-state index is 13.3. The van der Waals surface area contributed by atoms with Gasteiger partial charge in [-0.25, -0.2) is 14.0 Å². The van der Waals surface area contributed by atoms with Gasteiger partial charge in [-0.2, -0.15) is 0 Å². The van der Waals surface area contributed by atoms with Crippen LogP contribution < -0.4 is 0 Å². The summed E-state index contributed by atoms with van der Waals surface area (Å²) >= 11 is 3.16. The Balaban J connectivity index is 2.28. The van der Waals surface area contributed by atoms with Crippen LogP contribution in [0.15, 0.2) is 28.2 Å². The van der Waals surface area contributed by atoms with Gasteiger partial charge >= 0.3 is 12.1 Å². The third kappa shape index (κ3) is 3.16. The number of carbonyl (C=O) groups is 2. The van der Waals surface area contributed by atoms with Gasteiger partial charge in [0.1, 0.15) is 11.9 Å². The summed E-state index contributed by atoms with van der Waals surface area (Å²) in [5.74, 6) is -1.61. The van der Waals surface area contributed by atoms with Gasteiger partial charge in [0.05, 0.1) is 0 Å². The number of amides is 1. The van der Waals surface area contributed by atoms with Crippen molar-refractivity contribution in [2.24, 2.45) is 0 Å². The van der Waals surface area contributed by atoms with E-state index >= 15 is 0 Å². The summed E-state index contributed by atoms with van der Waals surface area (Å²) in [4.78, 5) is 22.9. The molecule has 2 rings (SSSR count). The smallest absolute Gasteiger partial charge is 0.408 e. The van der Waals surface area contributed by atoms with Crippen LogP contribution >= 0.6 is 15.9 Å². The molecule has 1 aromatic rings. The first-order chi connectivity index (χ1) is 9.36. The van der Waals surface area contributed by atoms with Crippen LogP contribution in [0.1, 0.15) is 12.0 Å². The molecule has 0 unspecified atom stereocenters. The molecule has 0 aliphatic carbocycles. The van der Waals surface area contributed by atoms with Crippen molar-refractivity contribution in [3.05, 3.63) is 39.6 Å². The first-order valence-corrected chi connectivity index (χ1v) is 6.54. The van der Waals surface area contributed by atoms with Crippen LogP contribution in [-0.4, -0.2) is 39.8 Å². The van der Waals surface area contributed by atoms with Crippen LogP contribution in [0.5, 0.6) is 0 Å². The highest BCUT2D eigenvalue weighted by atomic mass is 79.9. The molecule has 1 aliphatic heterocycles. The van der Waals surface area contributed by atoms with E-state index in [-0.39, 0.29) is 13.0 Å². The molecule has 1 saturated heterocycles. The van der Waals surface area contributed by atoms with E-state index in [0.29, 0.717) is 15.6 Å². The molecule has 7 heteroatoms. The summed E-state index contributed by atoms with van der Waals surface area (Å²) in [6.45, 7) is 0.0143. The summed E-state index contributed by atoms with van der Waals surface area (Å²) in [7, 11) is 0. The molecule has 1 atom stereocenters. The molecule has 0 aromatic heterocycles. The highest BCUT2D eigenvalue weighted by molar-refractivity contribution is 9.10. The molecule has 1 heterocycles. The number of benzene rings is 1. The minimum Gasteiger partial charge on any atom is -0.480 e. The van der Waals surface area contributed by atoms with Gasteiger partial charge in [0.25, 0.3) is 0 Å². The Labute approximate surface area is 122 Å². The van der Waals surface area contributed by atoms with Gasteiger partial charge < -0.3 is 10.2 Å². The van der Waals surface area contributed by atoms with Crippen LogP contribution in [-0.2, 0) is 4.79 Å². The van der Waals surface area contributed by atoms with E-state index in [1.807, 2.05) is 0 Å². The van der Waals surface area contributed by atoms with E-state index in [4.69, 9.17) is 10.2 Å². The topological polar surface area (TPSA) is 77.8 Å². The van der Waals surface area contributed by atoms with Gasteiger partial charge in [-0.05, 0) is 29.3 Å². The first-order valence-electron chi connectivity index (χ1n) is 5.74. The van der Waals surface area contributed by atoms with Gasteiger partial charge in [0, 0.05) is 17.4 Å². The lowest BCUT2D eigenvalue weighted by molar-refractivity contribution is -0.141. The summed E-state index contributed by atoms with van der Waals surface area (Å²) in [5.41, 5.74) is 1.19. The molecule has 1 amide bonds. The van der Waals surface area contributed by atoms with E-state index in [2.05, 4.69) is 15.9 Å². The van der Waals surface area contributed by atoms with Crippen LogP contribution in [0.4, 0.5) is 9.18 Å². The predicted octanol–water partition coefficient (Wildman–Crippen LogP) is 2.81. The number of carboxylic acid groups (broad SMARTS) is 2. The number of carboxylic acids is 1. The first kappa shape index (κ1) is 14.5. The van der Waals surface area contributed by atoms with E-state index in [1.165, 1.54) is 12.1 Å². The highest BCUT2D eigenvalue weighted by Gasteiger charge is 2.36. The number of nitrogens with zero attached hydrogens (tertiary/aromatic N) is 1. The Kier molecular flexibility index (Phi) is 4.08. The highest BCUT2D eigenvalue weighted by Crippen LogP contribution is 2.26. The van der Waals surface area contributed by atoms with Crippen molar-refractivity contribution in [1.82, 2.24) is 4.90 Å². The fraction of sp³-hybridized carbons (Fsp3) is 0.231. The molecular weight excluding hydrogens is 333 g/mol. The van der Waals surface area contributed by atoms with Gasteiger partial charge in [-0.3, -0.25) is 4.90 Å². The zero-order valence-corrected chi connectivity index (χ0v) is 11.8. The molecule has 5 nitrogen and oxygen atoms in total. The van der Waals surface area contributed by atoms with Crippen LogP contribution in [0.2, 0.25) is 0 Å². The number of likely N-dealkylation sites (tertiary alicyclic amines) is 1. The number of hydrogen-bond acceptors (Lipinski definition) is 2. The SMILES string of the molecule is O=C(O)[C@@H]1C/C(=C\c2cc(F)cc(Br)c2)CN1C(=O)O. The van der Waals surface area contributed by atoms with Crippen molar-refractivity contribution in [2.75, 3.05) is 6.54 Å². The van der Waals surface area contributed by atoms with Gasteiger partial charge in [0.15, 0.2) is 0 Å². The minimum atomic E-state index is -1.28. The molecule has 0 radical (unpaired) electrons. The lowest BCUT2D eigenvalue weighted by atomic mass is 10.1.